The molecule has 5 rings (SSSR count). The van der Waals surface area contributed by atoms with Crippen LogP contribution in [0.1, 0.15) is 88.1 Å². The van der Waals surface area contributed by atoms with Crippen LogP contribution in [0.2, 0.25) is 0 Å². The molecule has 47 heavy (non-hydrogen) atoms. The van der Waals surface area contributed by atoms with Crippen LogP contribution in [0.15, 0.2) is 36.4 Å². The molecular weight excluding hydrogens is 625 g/mol. The van der Waals surface area contributed by atoms with Crippen molar-refractivity contribution in [1.29, 1.82) is 0 Å². The zero-order chi connectivity index (χ0) is 34.1. The molecule has 2 fully saturated rings. The van der Waals surface area contributed by atoms with Crippen LogP contribution in [-0.4, -0.2) is 65.4 Å². The maximum Gasteiger partial charge on any atom is 0.389 e. The van der Waals surface area contributed by atoms with Crippen molar-refractivity contribution in [3.05, 3.63) is 52.2 Å². The predicted octanol–water partition coefficient (Wildman–Crippen LogP) is 7.75. The number of ether oxygens (including phenoxy) is 1. The first kappa shape index (κ1) is 35.2. The predicted molar refractivity (Wildman–Crippen MR) is 182 cm³/mol. The van der Waals surface area contributed by atoms with Crippen molar-refractivity contribution in [2.45, 2.75) is 96.8 Å². The molecule has 3 N–H and O–H groups in total. The molecule has 0 radical (unpaired) electrons. The van der Waals surface area contributed by atoms with Crippen LogP contribution in [0.4, 0.5) is 24.8 Å². The highest BCUT2D eigenvalue weighted by molar-refractivity contribution is 7.71. The van der Waals surface area contributed by atoms with Crippen molar-refractivity contribution in [3.8, 4) is 5.88 Å². The van der Waals surface area contributed by atoms with E-state index in [0.29, 0.717) is 72.0 Å². The quantitative estimate of drug-likeness (QED) is 0.166. The summed E-state index contributed by atoms with van der Waals surface area (Å²) in [6, 6.07) is 7.44. The Morgan fingerprint density at radius 2 is 1.98 bits per heavy atom. The highest BCUT2D eigenvalue weighted by atomic mass is 32.1. The Morgan fingerprint density at radius 1 is 1.23 bits per heavy atom. The number of rotatable bonds is 13. The number of hydrazine groups is 1. The van der Waals surface area contributed by atoms with Gasteiger partial charge in [-0.1, -0.05) is 43.8 Å². The summed E-state index contributed by atoms with van der Waals surface area (Å²) in [7, 11) is 1.99. The van der Waals surface area contributed by atoms with Crippen LogP contribution in [0, 0.1) is 28.8 Å². The van der Waals surface area contributed by atoms with Gasteiger partial charge in [-0.05, 0) is 94.7 Å². The summed E-state index contributed by atoms with van der Waals surface area (Å²) in [5, 5.41) is 4.18. The van der Waals surface area contributed by atoms with Crippen LogP contribution in [0.25, 0.3) is 0 Å². The van der Waals surface area contributed by atoms with Crippen LogP contribution >= 0.6 is 12.2 Å². The lowest BCUT2D eigenvalue weighted by Crippen LogP contribution is -2.49. The molecule has 0 bridgehead atoms. The SMILES string of the molecule is Cc1ccc(=S)[nH]c1OCCC(C)C1CN(c2nc(N3CC=CC(CCCC4(CC(F)(F)F)CC4)N3C)ccc2C(N)=O)C(C)(C)C1. The number of nitrogens with one attached hydrogen (secondary N) is 1. The summed E-state index contributed by atoms with van der Waals surface area (Å²) in [5.74, 6) is 2.18. The fourth-order valence-corrected chi connectivity index (χ4v) is 7.55. The molecule has 2 aromatic heterocycles. The molecule has 0 aromatic carbocycles. The van der Waals surface area contributed by atoms with Crippen LogP contribution in [0.5, 0.6) is 5.88 Å². The fraction of sp³-hybridized carbons (Fsp3) is 0.629. The number of likely N-dealkylation sites (N-methyl/N-ethyl adjacent to an activating group) is 1. The summed E-state index contributed by atoms with van der Waals surface area (Å²) in [6.07, 6.45) is 4.63. The second kappa shape index (κ2) is 13.8. The van der Waals surface area contributed by atoms with Crippen molar-refractivity contribution >= 4 is 29.8 Å². The molecule has 2 aliphatic heterocycles. The van der Waals surface area contributed by atoms with Crippen molar-refractivity contribution in [2.24, 2.45) is 23.0 Å². The molecule has 1 aliphatic carbocycles. The van der Waals surface area contributed by atoms with Crippen LogP contribution < -0.4 is 20.4 Å². The molecule has 8 nitrogen and oxygen atoms in total. The number of aromatic amines is 1. The summed E-state index contributed by atoms with van der Waals surface area (Å²) in [5.41, 5.74) is 6.46. The van der Waals surface area contributed by atoms with Gasteiger partial charge in [-0.3, -0.25) is 9.80 Å². The van der Waals surface area contributed by atoms with E-state index in [1.54, 1.807) is 6.07 Å². The summed E-state index contributed by atoms with van der Waals surface area (Å²) >= 11 is 5.25. The van der Waals surface area contributed by atoms with Gasteiger partial charge in [-0.25, -0.2) is 9.99 Å². The average Bonchev–Trinajstić information content (AvgIpc) is 3.65. The van der Waals surface area contributed by atoms with E-state index in [1.807, 2.05) is 32.2 Å². The molecule has 1 saturated heterocycles. The smallest absolute Gasteiger partial charge is 0.389 e. The van der Waals surface area contributed by atoms with E-state index >= 15 is 0 Å². The van der Waals surface area contributed by atoms with Crippen molar-refractivity contribution < 1.29 is 22.7 Å². The van der Waals surface area contributed by atoms with Gasteiger partial charge in [-0.15, -0.1) is 0 Å². The number of aromatic nitrogens is 2. The number of H-pyrrole nitrogens is 1. The number of carbonyl (C=O) groups excluding carboxylic acids is 1. The third-order valence-electron chi connectivity index (χ3n) is 10.5. The molecule has 3 aliphatic rings. The topological polar surface area (TPSA) is 90.7 Å². The Balaban J connectivity index is 1.26. The number of nitrogens with two attached hydrogens (primary N) is 1. The Morgan fingerprint density at radius 3 is 2.66 bits per heavy atom. The van der Waals surface area contributed by atoms with Crippen molar-refractivity contribution in [2.75, 3.05) is 36.7 Å². The molecule has 1 saturated carbocycles. The maximum absolute atomic E-state index is 13.1. The van der Waals surface area contributed by atoms with Crippen LogP contribution in [-0.2, 0) is 0 Å². The third kappa shape index (κ3) is 8.49. The zero-order valence-electron chi connectivity index (χ0n) is 28.2. The molecule has 258 valence electrons. The van der Waals surface area contributed by atoms with Crippen molar-refractivity contribution in [1.82, 2.24) is 15.0 Å². The highest BCUT2D eigenvalue weighted by Crippen LogP contribution is 2.56. The van der Waals surface area contributed by atoms with Gasteiger partial charge in [0.2, 0.25) is 0 Å². The molecular formula is C35H49F3N6O2S. The second-order valence-electron chi connectivity index (χ2n) is 14.6. The minimum absolute atomic E-state index is 0.0390. The van der Waals surface area contributed by atoms with Crippen molar-refractivity contribution in [3.63, 3.8) is 0 Å². The van der Waals surface area contributed by atoms with Gasteiger partial charge < -0.3 is 20.4 Å². The number of primary amides is 1. The summed E-state index contributed by atoms with van der Waals surface area (Å²) in [4.78, 5) is 23.1. The van der Waals surface area contributed by atoms with E-state index in [1.165, 1.54) is 0 Å². The van der Waals surface area contributed by atoms with E-state index in [0.717, 1.165) is 37.8 Å². The average molecular weight is 675 g/mol. The summed E-state index contributed by atoms with van der Waals surface area (Å²) in [6.45, 7) is 10.5. The van der Waals surface area contributed by atoms with Gasteiger partial charge in [0.25, 0.3) is 5.91 Å². The van der Waals surface area contributed by atoms with E-state index in [-0.39, 0.29) is 11.6 Å². The second-order valence-corrected chi connectivity index (χ2v) is 15.0. The number of anilines is 2. The molecule has 3 atom stereocenters. The minimum Gasteiger partial charge on any atom is -0.479 e. The first-order valence-electron chi connectivity index (χ1n) is 16.7. The van der Waals surface area contributed by atoms with E-state index in [4.69, 9.17) is 27.7 Å². The number of carbonyl (C=O) groups is 1. The number of halogens is 3. The van der Waals surface area contributed by atoms with E-state index < -0.39 is 23.9 Å². The largest absolute Gasteiger partial charge is 0.479 e. The number of hydrogen-bond acceptors (Lipinski definition) is 7. The Labute approximate surface area is 281 Å². The van der Waals surface area contributed by atoms with Gasteiger partial charge in [0, 0.05) is 37.2 Å². The number of pyridine rings is 2. The number of hydrogen-bond donors (Lipinski definition) is 2. The number of amides is 1. The van der Waals surface area contributed by atoms with Gasteiger partial charge in [-0.2, -0.15) is 13.2 Å². The first-order valence-corrected chi connectivity index (χ1v) is 17.1. The third-order valence-corrected chi connectivity index (χ3v) is 10.7. The Hall–Kier alpha value is -3.12. The molecule has 0 spiro atoms. The van der Waals surface area contributed by atoms with Gasteiger partial charge in [0.05, 0.1) is 18.7 Å². The lowest BCUT2D eigenvalue weighted by molar-refractivity contribution is -0.148. The van der Waals surface area contributed by atoms with Gasteiger partial charge >= 0.3 is 6.18 Å². The summed E-state index contributed by atoms with van der Waals surface area (Å²) < 4.78 is 45.9. The highest BCUT2D eigenvalue weighted by Gasteiger charge is 2.50. The normalized spacial score (nSPS) is 22.8. The van der Waals surface area contributed by atoms with Gasteiger partial charge in [0.1, 0.15) is 16.3 Å². The molecule has 1 amide bonds. The lowest BCUT2D eigenvalue weighted by atomic mass is 9.86. The minimum atomic E-state index is -4.11. The van der Waals surface area contributed by atoms with E-state index in [2.05, 4.69) is 52.8 Å². The number of nitrogens with zero attached hydrogens (tertiary/aromatic N) is 4. The monoisotopic (exact) mass is 674 g/mol. The lowest BCUT2D eigenvalue weighted by Gasteiger charge is -2.41. The molecule has 12 heteroatoms. The Kier molecular flexibility index (Phi) is 10.3. The first-order chi connectivity index (χ1) is 22.1. The van der Waals surface area contributed by atoms with E-state index in [9.17, 15) is 18.0 Å². The molecule has 2 aromatic rings. The molecule has 3 unspecified atom stereocenters. The molecule has 4 heterocycles. The maximum atomic E-state index is 13.1. The number of alkyl halides is 3. The van der Waals surface area contributed by atoms with Crippen LogP contribution in [0.3, 0.4) is 0 Å². The van der Waals surface area contributed by atoms with Gasteiger partial charge in [0.15, 0.2) is 5.88 Å². The Bertz CT molecular complexity index is 1520. The fourth-order valence-electron chi connectivity index (χ4n) is 7.39. The number of aryl methyl sites for hydroxylation is 1. The standard InChI is InChI=1S/C35H49F3N6O2S/c1-23(14-19-46-32-24(2)10-13-29(47)41-32)25-20-33(3,4)43(21-25)31-27(30(39)45)11-12-28(40-31)44-18-7-9-26(42(44)5)8-6-15-34(16-17-34)22-35(36,37)38/h7,9-13,23,25-26H,6,8,14-22H2,1-5H3,(H2,39,45)(H,41,47). The zero-order valence-corrected chi connectivity index (χ0v) is 29.0.